The van der Waals surface area contributed by atoms with Crippen molar-refractivity contribution in [3.63, 3.8) is 0 Å². The van der Waals surface area contributed by atoms with Gasteiger partial charge in [0.15, 0.2) is 0 Å². The molecule has 0 aromatic heterocycles. The van der Waals surface area contributed by atoms with Crippen LogP contribution in [0.4, 0.5) is 0 Å². The number of carbonyl (C=O) groups excluding carboxylic acids is 1. The van der Waals surface area contributed by atoms with Crippen LogP contribution in [-0.2, 0) is 20.9 Å². The van der Waals surface area contributed by atoms with Crippen molar-refractivity contribution in [2.45, 2.75) is 12.6 Å². The molecular formula is C12H15NO4S. The van der Waals surface area contributed by atoms with Crippen LogP contribution < -0.4 is 5.32 Å². The van der Waals surface area contributed by atoms with E-state index in [-0.39, 0.29) is 5.75 Å². The number of benzene rings is 1. The fraction of sp³-hybridized carbons (Fsp3) is 0.333. The summed E-state index contributed by atoms with van der Waals surface area (Å²) in [5.74, 6) is -0.375. The van der Waals surface area contributed by atoms with Crippen LogP contribution in [0.3, 0.4) is 0 Å². The van der Waals surface area contributed by atoms with E-state index in [1.54, 1.807) is 0 Å². The van der Waals surface area contributed by atoms with Gasteiger partial charge in [-0.3, -0.25) is 4.79 Å². The molecule has 2 N–H and O–H groups in total. The van der Waals surface area contributed by atoms with Gasteiger partial charge in [0.2, 0.25) is 6.41 Å². The van der Waals surface area contributed by atoms with Gasteiger partial charge in [0, 0.05) is 5.75 Å². The first-order valence-corrected chi connectivity index (χ1v) is 6.51. The molecule has 1 aromatic rings. The standard InChI is InChI=1S/C12H15NO4S/c14-8-13-11(12(15)16)7-18-9-17-6-10-4-2-1-3-5-10/h1-5,8,11H,6-7,9H2,(H,13,14)(H,15,16). The second kappa shape index (κ2) is 8.54. The lowest BCUT2D eigenvalue weighted by molar-refractivity contribution is -0.139. The van der Waals surface area contributed by atoms with Crippen molar-refractivity contribution in [2.75, 3.05) is 11.7 Å². The number of rotatable bonds is 9. The summed E-state index contributed by atoms with van der Waals surface area (Å²) in [5.41, 5.74) is 1.07. The Labute approximate surface area is 110 Å². The summed E-state index contributed by atoms with van der Waals surface area (Å²) in [7, 11) is 0. The third kappa shape index (κ3) is 5.70. The lowest BCUT2D eigenvalue weighted by Crippen LogP contribution is -2.37. The summed E-state index contributed by atoms with van der Waals surface area (Å²) in [5, 5.41) is 11.0. The summed E-state index contributed by atoms with van der Waals surface area (Å²) in [6, 6.07) is 8.84. The van der Waals surface area contributed by atoms with Gasteiger partial charge < -0.3 is 15.2 Å². The predicted octanol–water partition coefficient (Wildman–Crippen LogP) is 1.09. The zero-order valence-electron chi connectivity index (χ0n) is 9.74. The molecule has 1 unspecified atom stereocenters. The van der Waals surface area contributed by atoms with Gasteiger partial charge in [-0.2, -0.15) is 0 Å². The zero-order chi connectivity index (χ0) is 13.2. The van der Waals surface area contributed by atoms with Crippen molar-refractivity contribution in [3.05, 3.63) is 35.9 Å². The van der Waals surface area contributed by atoms with Crippen molar-refractivity contribution >= 4 is 24.1 Å². The molecule has 0 heterocycles. The first kappa shape index (κ1) is 14.5. The van der Waals surface area contributed by atoms with Crippen molar-refractivity contribution < 1.29 is 19.4 Å². The highest BCUT2D eigenvalue weighted by Crippen LogP contribution is 2.07. The lowest BCUT2D eigenvalue weighted by atomic mass is 10.2. The van der Waals surface area contributed by atoms with Gasteiger partial charge >= 0.3 is 5.97 Å². The van der Waals surface area contributed by atoms with Gasteiger partial charge in [-0.05, 0) is 5.56 Å². The summed E-state index contributed by atoms with van der Waals surface area (Å²) < 4.78 is 5.38. The van der Waals surface area contributed by atoms with Crippen molar-refractivity contribution in [1.82, 2.24) is 5.32 Å². The van der Waals surface area contributed by atoms with Gasteiger partial charge in [-0.15, -0.1) is 11.8 Å². The van der Waals surface area contributed by atoms with Gasteiger partial charge in [-0.25, -0.2) is 4.79 Å². The number of aliphatic carboxylic acids is 1. The van der Waals surface area contributed by atoms with E-state index in [0.717, 1.165) is 5.56 Å². The van der Waals surface area contributed by atoms with E-state index in [0.29, 0.717) is 19.0 Å². The molecule has 6 heteroatoms. The fourth-order valence-corrected chi connectivity index (χ4v) is 2.00. The number of carbonyl (C=O) groups is 2. The summed E-state index contributed by atoms with van der Waals surface area (Å²) in [6.07, 6.45) is 0.393. The first-order chi connectivity index (χ1) is 8.74. The average molecular weight is 269 g/mol. The highest BCUT2D eigenvalue weighted by Gasteiger charge is 2.15. The molecular weight excluding hydrogens is 254 g/mol. The molecule has 0 saturated carbocycles. The van der Waals surface area contributed by atoms with E-state index in [1.165, 1.54) is 11.8 Å². The number of carboxylic acid groups (broad SMARTS) is 1. The Morgan fingerprint density at radius 3 is 2.78 bits per heavy atom. The SMILES string of the molecule is O=CNC(CSCOCc1ccccc1)C(=O)O. The number of hydrogen-bond acceptors (Lipinski definition) is 4. The van der Waals surface area contributed by atoms with Gasteiger partial charge in [-0.1, -0.05) is 30.3 Å². The third-order valence-electron chi connectivity index (χ3n) is 2.13. The number of amides is 1. The molecule has 0 aliphatic heterocycles. The molecule has 1 rings (SSSR count). The van der Waals surface area contributed by atoms with Gasteiger partial charge in [0.25, 0.3) is 0 Å². The largest absolute Gasteiger partial charge is 0.480 e. The van der Waals surface area contributed by atoms with Crippen LogP contribution in [0.15, 0.2) is 30.3 Å². The monoisotopic (exact) mass is 269 g/mol. The molecule has 1 amide bonds. The smallest absolute Gasteiger partial charge is 0.327 e. The molecule has 1 atom stereocenters. The maximum Gasteiger partial charge on any atom is 0.327 e. The zero-order valence-corrected chi connectivity index (χ0v) is 10.6. The summed E-state index contributed by atoms with van der Waals surface area (Å²) in [6.45, 7) is 0.493. The first-order valence-electron chi connectivity index (χ1n) is 5.36. The van der Waals surface area contributed by atoms with E-state index in [2.05, 4.69) is 5.32 Å². The Bertz CT molecular complexity index is 372. The molecule has 18 heavy (non-hydrogen) atoms. The van der Waals surface area contributed by atoms with E-state index < -0.39 is 12.0 Å². The Morgan fingerprint density at radius 2 is 2.17 bits per heavy atom. The minimum absolute atomic E-state index is 0.281. The molecule has 0 aliphatic carbocycles. The highest BCUT2D eigenvalue weighted by atomic mass is 32.2. The second-order valence-corrected chi connectivity index (χ2v) is 4.48. The highest BCUT2D eigenvalue weighted by molar-refractivity contribution is 7.99. The molecule has 0 radical (unpaired) electrons. The van der Waals surface area contributed by atoms with Gasteiger partial charge in [0.05, 0.1) is 12.5 Å². The summed E-state index contributed by atoms with van der Waals surface area (Å²) in [4.78, 5) is 20.9. The number of hydrogen-bond donors (Lipinski definition) is 2. The second-order valence-electron chi connectivity index (χ2n) is 3.50. The quantitative estimate of drug-likeness (QED) is 0.399. The van der Waals surface area contributed by atoms with Gasteiger partial charge in [0.1, 0.15) is 6.04 Å². The van der Waals surface area contributed by atoms with Crippen LogP contribution in [0, 0.1) is 0 Å². The molecule has 1 aromatic carbocycles. The minimum Gasteiger partial charge on any atom is -0.480 e. The Kier molecular flexibility index (Phi) is 6.90. The summed E-state index contributed by atoms with van der Waals surface area (Å²) >= 11 is 1.32. The number of thioether (sulfide) groups is 1. The molecule has 0 saturated heterocycles. The number of nitrogens with one attached hydrogen (secondary N) is 1. The van der Waals surface area contributed by atoms with Crippen LogP contribution in [0.5, 0.6) is 0 Å². The average Bonchev–Trinajstić information content (AvgIpc) is 2.38. The Balaban J connectivity index is 2.14. The van der Waals surface area contributed by atoms with Crippen LogP contribution in [0.1, 0.15) is 5.56 Å². The third-order valence-corrected chi connectivity index (χ3v) is 3.03. The maximum absolute atomic E-state index is 10.7. The fourth-order valence-electron chi connectivity index (χ4n) is 1.23. The van der Waals surface area contributed by atoms with Crippen molar-refractivity contribution in [3.8, 4) is 0 Å². The van der Waals surface area contributed by atoms with Crippen molar-refractivity contribution in [1.29, 1.82) is 0 Å². The predicted molar refractivity (Wildman–Crippen MR) is 69.2 cm³/mol. The Morgan fingerprint density at radius 1 is 1.44 bits per heavy atom. The topological polar surface area (TPSA) is 75.6 Å². The van der Waals surface area contributed by atoms with Crippen LogP contribution in [0.2, 0.25) is 0 Å². The molecule has 0 bridgehead atoms. The molecule has 5 nitrogen and oxygen atoms in total. The van der Waals surface area contributed by atoms with E-state index in [1.807, 2.05) is 30.3 Å². The van der Waals surface area contributed by atoms with Crippen molar-refractivity contribution in [2.24, 2.45) is 0 Å². The van der Waals surface area contributed by atoms with E-state index >= 15 is 0 Å². The normalized spacial score (nSPS) is 11.8. The number of ether oxygens (including phenoxy) is 1. The minimum atomic E-state index is -1.04. The van der Waals surface area contributed by atoms with E-state index in [4.69, 9.17) is 9.84 Å². The van der Waals surface area contributed by atoms with E-state index in [9.17, 15) is 9.59 Å². The Hall–Kier alpha value is -1.53. The number of carboxylic acids is 1. The molecule has 0 aliphatic rings. The van der Waals surface area contributed by atoms with Crippen LogP contribution >= 0.6 is 11.8 Å². The molecule has 0 fully saturated rings. The maximum atomic E-state index is 10.7. The molecule has 98 valence electrons. The van der Waals surface area contributed by atoms with Crippen LogP contribution in [0.25, 0.3) is 0 Å². The molecule has 0 spiro atoms. The van der Waals surface area contributed by atoms with Crippen LogP contribution in [-0.4, -0.2) is 35.2 Å². The lowest BCUT2D eigenvalue weighted by Gasteiger charge is -2.10.